The molecule has 14 heavy (non-hydrogen) atoms. The van der Waals surface area contributed by atoms with Crippen LogP contribution in [0.25, 0.3) is 11.5 Å². The Morgan fingerprint density at radius 1 is 1.29 bits per heavy atom. The summed E-state index contributed by atoms with van der Waals surface area (Å²) in [6.45, 7) is 0. The second kappa shape index (κ2) is 3.30. The summed E-state index contributed by atoms with van der Waals surface area (Å²) in [6, 6.07) is 3.49. The Morgan fingerprint density at radius 3 is 2.43 bits per heavy atom. The standard InChI is InChI=1S/C8H4F2N2OS/c9-4-2-1-3-5(10)6(4)7-11-12-8(14)13-7/h1-3H,(H,12,14). The molecular weight excluding hydrogens is 210 g/mol. The summed E-state index contributed by atoms with van der Waals surface area (Å²) in [5.74, 6) is -1.67. The van der Waals surface area contributed by atoms with Crippen LogP contribution in [0.15, 0.2) is 22.6 Å². The van der Waals surface area contributed by atoms with Crippen LogP contribution in [0.3, 0.4) is 0 Å². The number of hydrogen-bond acceptors (Lipinski definition) is 3. The fourth-order valence-corrected chi connectivity index (χ4v) is 1.16. The molecule has 3 nitrogen and oxygen atoms in total. The van der Waals surface area contributed by atoms with E-state index in [9.17, 15) is 8.78 Å². The SMILES string of the molecule is Fc1cccc(F)c1-c1n[nH]c(=S)o1. The van der Waals surface area contributed by atoms with Gasteiger partial charge in [-0.1, -0.05) is 6.07 Å². The van der Waals surface area contributed by atoms with E-state index >= 15 is 0 Å². The molecule has 0 spiro atoms. The van der Waals surface area contributed by atoms with Gasteiger partial charge in [0, 0.05) is 0 Å². The molecule has 72 valence electrons. The third-order valence-corrected chi connectivity index (χ3v) is 1.79. The first-order chi connectivity index (χ1) is 6.68. The Bertz CT molecular complexity index is 500. The summed E-state index contributed by atoms with van der Waals surface area (Å²) >= 11 is 4.59. The highest BCUT2D eigenvalue weighted by molar-refractivity contribution is 7.71. The minimum atomic E-state index is -0.741. The van der Waals surface area contributed by atoms with Crippen LogP contribution >= 0.6 is 12.2 Å². The highest BCUT2D eigenvalue weighted by atomic mass is 32.1. The first-order valence-corrected chi connectivity index (χ1v) is 4.09. The van der Waals surface area contributed by atoms with Gasteiger partial charge in [0.25, 0.3) is 10.7 Å². The first-order valence-electron chi connectivity index (χ1n) is 3.68. The van der Waals surface area contributed by atoms with Gasteiger partial charge in [-0.3, -0.25) is 0 Å². The van der Waals surface area contributed by atoms with Crippen LogP contribution < -0.4 is 0 Å². The van der Waals surface area contributed by atoms with Gasteiger partial charge in [-0.2, -0.15) is 0 Å². The van der Waals surface area contributed by atoms with E-state index < -0.39 is 11.6 Å². The van der Waals surface area contributed by atoms with Gasteiger partial charge in [-0.15, -0.1) is 5.10 Å². The Morgan fingerprint density at radius 2 is 1.93 bits per heavy atom. The highest BCUT2D eigenvalue weighted by Gasteiger charge is 2.15. The maximum Gasteiger partial charge on any atom is 0.284 e. The Labute approximate surface area is 82.4 Å². The normalized spacial score (nSPS) is 10.4. The lowest BCUT2D eigenvalue weighted by Gasteiger charge is -1.97. The van der Waals surface area contributed by atoms with E-state index in [4.69, 9.17) is 4.42 Å². The minimum Gasteiger partial charge on any atom is -0.409 e. The van der Waals surface area contributed by atoms with Crippen molar-refractivity contribution in [3.05, 3.63) is 34.7 Å². The number of halogens is 2. The van der Waals surface area contributed by atoms with Crippen molar-refractivity contribution in [2.45, 2.75) is 0 Å². The third kappa shape index (κ3) is 1.44. The topological polar surface area (TPSA) is 41.8 Å². The third-order valence-electron chi connectivity index (χ3n) is 1.61. The fourth-order valence-electron chi connectivity index (χ4n) is 1.04. The molecule has 1 aromatic heterocycles. The molecule has 0 fully saturated rings. The molecule has 1 heterocycles. The van der Waals surface area contributed by atoms with Crippen molar-refractivity contribution in [1.29, 1.82) is 0 Å². The lowest BCUT2D eigenvalue weighted by atomic mass is 10.2. The van der Waals surface area contributed by atoms with Crippen molar-refractivity contribution in [3.63, 3.8) is 0 Å². The summed E-state index contributed by atoms with van der Waals surface area (Å²) in [4.78, 5) is -0.0253. The van der Waals surface area contributed by atoms with Crippen molar-refractivity contribution in [3.8, 4) is 11.5 Å². The Kier molecular flexibility index (Phi) is 2.12. The second-order valence-electron chi connectivity index (χ2n) is 2.51. The van der Waals surface area contributed by atoms with Gasteiger partial charge in [-0.05, 0) is 24.4 Å². The zero-order chi connectivity index (χ0) is 10.1. The predicted octanol–water partition coefficient (Wildman–Crippen LogP) is 2.68. The largest absolute Gasteiger partial charge is 0.409 e. The molecule has 1 N–H and O–H groups in total. The van der Waals surface area contributed by atoms with Crippen molar-refractivity contribution in [2.24, 2.45) is 0 Å². The molecule has 6 heteroatoms. The lowest BCUT2D eigenvalue weighted by Crippen LogP contribution is -1.89. The summed E-state index contributed by atoms with van der Waals surface area (Å²) in [6.07, 6.45) is 0. The van der Waals surface area contributed by atoms with E-state index in [1.54, 1.807) is 0 Å². The average molecular weight is 214 g/mol. The number of aromatic amines is 1. The van der Waals surface area contributed by atoms with Crippen LogP contribution in [0.4, 0.5) is 8.78 Å². The van der Waals surface area contributed by atoms with Gasteiger partial charge in [0.1, 0.15) is 17.2 Å². The van der Waals surface area contributed by atoms with E-state index in [2.05, 4.69) is 22.4 Å². The van der Waals surface area contributed by atoms with E-state index in [-0.39, 0.29) is 16.3 Å². The van der Waals surface area contributed by atoms with Gasteiger partial charge in [-0.25, -0.2) is 13.9 Å². The van der Waals surface area contributed by atoms with Crippen LogP contribution in [0.2, 0.25) is 0 Å². The number of H-pyrrole nitrogens is 1. The fraction of sp³-hybridized carbons (Fsp3) is 0. The van der Waals surface area contributed by atoms with E-state index in [1.807, 2.05) is 0 Å². The van der Waals surface area contributed by atoms with Gasteiger partial charge < -0.3 is 4.42 Å². The summed E-state index contributed by atoms with van der Waals surface area (Å²) in [5.41, 5.74) is -0.320. The predicted molar refractivity (Wildman–Crippen MR) is 47.0 cm³/mol. The number of aromatic nitrogens is 2. The van der Waals surface area contributed by atoms with Crippen LogP contribution in [0.5, 0.6) is 0 Å². The molecule has 0 amide bonds. The number of nitrogens with zero attached hydrogens (tertiary/aromatic N) is 1. The minimum absolute atomic E-state index is 0.0253. The number of rotatable bonds is 1. The van der Waals surface area contributed by atoms with Gasteiger partial charge in [0.15, 0.2) is 0 Å². The van der Waals surface area contributed by atoms with Gasteiger partial charge >= 0.3 is 0 Å². The Hall–Kier alpha value is -1.56. The summed E-state index contributed by atoms with van der Waals surface area (Å²) < 4.78 is 31.1. The van der Waals surface area contributed by atoms with Crippen LogP contribution in [0, 0.1) is 16.5 Å². The zero-order valence-electron chi connectivity index (χ0n) is 6.75. The van der Waals surface area contributed by atoms with Crippen molar-refractivity contribution < 1.29 is 13.2 Å². The maximum atomic E-state index is 13.2. The van der Waals surface area contributed by atoms with Crippen LogP contribution in [-0.2, 0) is 0 Å². The quantitative estimate of drug-likeness (QED) is 0.742. The van der Waals surface area contributed by atoms with Gasteiger partial charge in [0.05, 0.1) is 0 Å². The van der Waals surface area contributed by atoms with E-state index in [1.165, 1.54) is 6.07 Å². The molecule has 0 aliphatic heterocycles. The van der Waals surface area contributed by atoms with Crippen LogP contribution in [-0.4, -0.2) is 10.2 Å². The molecule has 0 aliphatic rings. The summed E-state index contributed by atoms with van der Waals surface area (Å²) in [5, 5.41) is 5.82. The monoisotopic (exact) mass is 214 g/mol. The Balaban J connectivity index is 2.67. The molecule has 2 aromatic rings. The van der Waals surface area contributed by atoms with Gasteiger partial charge in [0.2, 0.25) is 0 Å². The van der Waals surface area contributed by atoms with Crippen molar-refractivity contribution in [2.75, 3.05) is 0 Å². The molecule has 0 atom stereocenters. The number of hydrogen-bond donors (Lipinski definition) is 1. The number of benzene rings is 1. The highest BCUT2D eigenvalue weighted by Crippen LogP contribution is 2.23. The molecule has 2 rings (SSSR count). The van der Waals surface area contributed by atoms with Crippen molar-refractivity contribution in [1.82, 2.24) is 10.2 Å². The smallest absolute Gasteiger partial charge is 0.284 e. The first kappa shape index (κ1) is 9.01. The van der Waals surface area contributed by atoms with Crippen molar-refractivity contribution >= 4 is 12.2 Å². The average Bonchev–Trinajstić information content (AvgIpc) is 2.51. The zero-order valence-corrected chi connectivity index (χ0v) is 7.57. The molecule has 1 aromatic carbocycles. The molecule has 0 aliphatic carbocycles. The molecule has 0 saturated carbocycles. The van der Waals surface area contributed by atoms with Crippen LogP contribution in [0.1, 0.15) is 0 Å². The molecule has 0 saturated heterocycles. The lowest BCUT2D eigenvalue weighted by molar-refractivity contribution is 0.529. The molecule has 0 bridgehead atoms. The number of nitrogens with one attached hydrogen (secondary N) is 1. The summed E-state index contributed by atoms with van der Waals surface area (Å²) in [7, 11) is 0. The molecule has 0 radical (unpaired) electrons. The maximum absolute atomic E-state index is 13.2. The molecular formula is C8H4F2N2OS. The molecule has 0 unspecified atom stereocenters. The van der Waals surface area contributed by atoms with E-state index in [0.717, 1.165) is 12.1 Å². The second-order valence-corrected chi connectivity index (χ2v) is 2.89. The van der Waals surface area contributed by atoms with E-state index in [0.29, 0.717) is 0 Å².